The molecule has 0 aliphatic carbocycles. The number of nitrogens with one attached hydrogen (secondary N) is 2. The van der Waals surface area contributed by atoms with Crippen molar-refractivity contribution in [1.29, 1.82) is 0 Å². The van der Waals surface area contributed by atoms with Gasteiger partial charge in [-0.25, -0.2) is 0 Å². The zero-order valence-electron chi connectivity index (χ0n) is 7.94. The van der Waals surface area contributed by atoms with E-state index in [1.807, 2.05) is 0 Å². The Kier molecular flexibility index (Phi) is 1.32. The van der Waals surface area contributed by atoms with Crippen molar-refractivity contribution in [2.75, 3.05) is 12.3 Å². The predicted molar refractivity (Wildman–Crippen MR) is 46.2 cm³/mol. The molecular formula is C6H7ClN2S. The third kappa shape index (κ3) is 1.30. The van der Waals surface area contributed by atoms with E-state index < -0.39 is 6.98 Å². The maximum absolute atomic E-state index is 6.95. The van der Waals surface area contributed by atoms with Crippen LogP contribution in [0.5, 0.6) is 0 Å². The van der Waals surface area contributed by atoms with Gasteiger partial charge in [0, 0.05) is 17.3 Å². The zero-order valence-corrected chi connectivity index (χ0v) is 6.51. The molecule has 2 nitrogen and oxygen atoms in total. The lowest BCUT2D eigenvalue weighted by molar-refractivity contribution is 1.28. The first-order valence-electron chi connectivity index (χ1n) is 4.05. The van der Waals surface area contributed by atoms with E-state index in [4.69, 9.17) is 27.9 Å². The minimum atomic E-state index is -2.27. The number of aromatic nitrogens is 1. The van der Waals surface area contributed by atoms with Crippen molar-refractivity contribution in [2.45, 2.75) is 0 Å². The monoisotopic (exact) mass is 177 g/mol. The molecule has 0 bridgehead atoms. The van der Waals surface area contributed by atoms with Crippen LogP contribution in [0.3, 0.4) is 0 Å². The van der Waals surface area contributed by atoms with E-state index in [2.05, 4.69) is 10.3 Å². The van der Waals surface area contributed by atoms with Crippen LogP contribution in [0, 0.1) is 4.51 Å². The molecule has 0 saturated heterocycles. The van der Waals surface area contributed by atoms with E-state index in [0.29, 0.717) is 4.51 Å². The molecule has 1 aromatic rings. The van der Waals surface area contributed by atoms with E-state index in [9.17, 15) is 0 Å². The highest BCUT2D eigenvalue weighted by Crippen LogP contribution is 2.18. The number of H-pyrrole nitrogens is 1. The van der Waals surface area contributed by atoms with E-state index in [-0.39, 0.29) is 10.8 Å². The lowest BCUT2D eigenvalue weighted by atomic mass is 10.4. The van der Waals surface area contributed by atoms with Crippen LogP contribution >= 0.6 is 23.8 Å². The van der Waals surface area contributed by atoms with Gasteiger partial charge in [0.1, 0.15) is 5.82 Å². The Balaban J connectivity index is 3.03. The summed E-state index contributed by atoms with van der Waals surface area (Å²) in [6.45, 7) is -2.27. The predicted octanol–water partition coefficient (Wildman–Crippen LogP) is 2.44. The van der Waals surface area contributed by atoms with Crippen LogP contribution < -0.4 is 5.32 Å². The van der Waals surface area contributed by atoms with E-state index in [0.717, 1.165) is 0 Å². The van der Waals surface area contributed by atoms with Crippen LogP contribution in [0.1, 0.15) is 4.11 Å². The first-order valence-corrected chi connectivity index (χ1v) is 3.34. The fraction of sp³-hybridized carbons (Fsp3) is 0.167. The summed E-state index contributed by atoms with van der Waals surface area (Å²) in [5, 5.41) is 2.45. The van der Waals surface area contributed by atoms with Gasteiger partial charge in [0.25, 0.3) is 0 Å². The summed E-state index contributed by atoms with van der Waals surface area (Å²) in [4.78, 5) is 2.66. The summed E-state index contributed by atoms with van der Waals surface area (Å²) in [6, 6.07) is 1.59. The van der Waals surface area contributed by atoms with Gasteiger partial charge in [-0.3, -0.25) is 0 Å². The highest BCUT2D eigenvalue weighted by atomic mass is 35.5. The molecular weight excluding hydrogens is 168 g/mol. The number of halogens is 1. The molecule has 0 spiro atoms. The number of pyridine rings is 1. The second-order valence-electron chi connectivity index (χ2n) is 1.66. The molecule has 4 heteroatoms. The average molecular weight is 178 g/mol. The summed E-state index contributed by atoms with van der Waals surface area (Å²) in [6.07, 6.45) is 1.53. The zero-order chi connectivity index (χ0) is 10.1. The summed E-state index contributed by atoms with van der Waals surface area (Å²) in [5.74, 6) is 0.217. The van der Waals surface area contributed by atoms with Gasteiger partial charge in [-0.15, -0.1) is 0 Å². The molecule has 1 rings (SSSR count). The van der Waals surface area contributed by atoms with Crippen LogP contribution in [0.4, 0.5) is 5.82 Å². The third-order valence-corrected chi connectivity index (χ3v) is 1.87. The van der Waals surface area contributed by atoms with Crippen LogP contribution in [-0.2, 0) is 0 Å². The minimum Gasteiger partial charge on any atom is -0.373 e. The Morgan fingerprint density at radius 1 is 1.90 bits per heavy atom. The number of hydrogen-bond donors (Lipinski definition) is 2. The number of hydrogen-bond acceptors (Lipinski definition) is 2. The molecule has 54 valence electrons. The Hall–Kier alpha value is -0.540. The fourth-order valence-corrected chi connectivity index (χ4v) is 0.886. The van der Waals surface area contributed by atoms with E-state index in [1.165, 1.54) is 6.20 Å². The van der Waals surface area contributed by atoms with Gasteiger partial charge in [-0.1, -0.05) is 23.8 Å². The highest BCUT2D eigenvalue weighted by molar-refractivity contribution is 7.71. The third-order valence-electron chi connectivity index (χ3n) is 1.02. The van der Waals surface area contributed by atoms with Crippen molar-refractivity contribution in [3.63, 3.8) is 0 Å². The quantitative estimate of drug-likeness (QED) is 0.645. The fourth-order valence-electron chi connectivity index (χ4n) is 0.551. The molecule has 0 aliphatic heterocycles. The Bertz CT molecular complexity index is 360. The molecule has 0 aliphatic rings. The minimum absolute atomic E-state index is 0.216. The summed E-state index contributed by atoms with van der Waals surface area (Å²) >= 11 is 10.6. The number of aromatic amines is 1. The Morgan fingerprint density at radius 2 is 2.70 bits per heavy atom. The second-order valence-corrected chi connectivity index (χ2v) is 2.47. The Labute approximate surface area is 73.4 Å². The van der Waals surface area contributed by atoms with Crippen LogP contribution in [-0.4, -0.2) is 12.0 Å². The topological polar surface area (TPSA) is 27.8 Å². The van der Waals surface area contributed by atoms with E-state index in [1.54, 1.807) is 6.07 Å². The molecule has 0 amide bonds. The summed E-state index contributed by atoms with van der Waals surface area (Å²) in [5.41, 5.74) is 0. The van der Waals surface area contributed by atoms with Gasteiger partial charge in [-0.05, 0) is 6.07 Å². The van der Waals surface area contributed by atoms with Gasteiger partial charge < -0.3 is 10.3 Å². The molecule has 0 radical (unpaired) electrons. The van der Waals surface area contributed by atoms with Crippen LogP contribution in [0.15, 0.2) is 12.3 Å². The molecule has 0 unspecified atom stereocenters. The van der Waals surface area contributed by atoms with Crippen LogP contribution in [0.2, 0.25) is 5.02 Å². The molecule has 1 heterocycles. The van der Waals surface area contributed by atoms with Crippen molar-refractivity contribution >= 4 is 29.6 Å². The van der Waals surface area contributed by atoms with Gasteiger partial charge in [0.2, 0.25) is 0 Å². The maximum Gasteiger partial charge on any atom is 0.123 e. The van der Waals surface area contributed by atoms with Crippen LogP contribution in [0.25, 0.3) is 0 Å². The number of rotatable bonds is 1. The lowest BCUT2D eigenvalue weighted by Gasteiger charge is -2.00. The van der Waals surface area contributed by atoms with Gasteiger partial charge in [-0.2, -0.15) is 0 Å². The normalized spacial score (nSPS) is 15.1. The standard InChI is InChI=1S/C6H7ClN2S/c1-8-6-5(7)4(10)2-3-9-6/h2-3H,1H3,(H2,8,9,10)/i1D3. The molecule has 10 heavy (non-hydrogen) atoms. The molecule has 0 aromatic carbocycles. The van der Waals surface area contributed by atoms with Gasteiger partial charge >= 0.3 is 0 Å². The van der Waals surface area contributed by atoms with Gasteiger partial charge in [0.15, 0.2) is 0 Å². The first-order chi connectivity index (χ1) is 5.90. The SMILES string of the molecule is [2H]C([2H])([2H])Nc1[nH]ccc(=S)c1Cl. The van der Waals surface area contributed by atoms with E-state index >= 15 is 0 Å². The molecule has 1 aromatic heterocycles. The molecule has 0 saturated carbocycles. The summed E-state index contributed by atoms with van der Waals surface area (Å²) < 4.78 is 21.2. The molecule has 0 fully saturated rings. The lowest BCUT2D eigenvalue weighted by Crippen LogP contribution is -1.91. The van der Waals surface area contributed by atoms with Crippen molar-refractivity contribution in [3.8, 4) is 0 Å². The summed E-state index contributed by atoms with van der Waals surface area (Å²) in [7, 11) is 0. The van der Waals surface area contributed by atoms with Crippen molar-refractivity contribution in [1.82, 2.24) is 4.98 Å². The largest absolute Gasteiger partial charge is 0.373 e. The first kappa shape index (κ1) is 4.36. The molecule has 2 N–H and O–H groups in total. The van der Waals surface area contributed by atoms with Crippen molar-refractivity contribution < 1.29 is 4.11 Å². The Morgan fingerprint density at radius 3 is 3.40 bits per heavy atom. The smallest absolute Gasteiger partial charge is 0.123 e. The van der Waals surface area contributed by atoms with Crippen molar-refractivity contribution in [2.24, 2.45) is 0 Å². The highest BCUT2D eigenvalue weighted by Gasteiger charge is 1.96. The number of anilines is 1. The van der Waals surface area contributed by atoms with Gasteiger partial charge in [0.05, 0.1) is 9.53 Å². The second kappa shape index (κ2) is 3.03. The average Bonchev–Trinajstić information content (AvgIpc) is 1.96. The molecule has 0 atom stereocenters. The van der Waals surface area contributed by atoms with Crippen molar-refractivity contribution in [3.05, 3.63) is 21.8 Å². The maximum atomic E-state index is 6.95.